The first-order valence-electron chi connectivity index (χ1n) is 7.78. The summed E-state index contributed by atoms with van der Waals surface area (Å²) in [5.41, 5.74) is 2.98. The molecule has 3 aromatic rings. The van der Waals surface area contributed by atoms with Gasteiger partial charge in [0.25, 0.3) is 5.91 Å². The second-order valence-electron chi connectivity index (χ2n) is 5.33. The largest absolute Gasteiger partial charge is 0.495 e. The highest BCUT2D eigenvalue weighted by molar-refractivity contribution is 5.94. The third-order valence-corrected chi connectivity index (χ3v) is 3.59. The first-order chi connectivity index (χ1) is 12.3. The Morgan fingerprint density at radius 1 is 1.08 bits per heavy atom. The number of benzene rings is 1. The number of methoxy groups -OCH3 is 1. The molecule has 1 amide bonds. The fraction of sp³-hybridized carbons (Fsp3) is 0.105. The first kappa shape index (κ1) is 16.4. The second kappa shape index (κ2) is 7.92. The number of amides is 1. The Bertz CT molecular complexity index is 853. The van der Waals surface area contributed by atoms with Crippen LogP contribution in [0.25, 0.3) is 0 Å². The van der Waals surface area contributed by atoms with Gasteiger partial charge in [-0.1, -0.05) is 12.1 Å². The van der Waals surface area contributed by atoms with Gasteiger partial charge in [0.05, 0.1) is 30.2 Å². The van der Waals surface area contributed by atoms with E-state index in [0.29, 0.717) is 17.8 Å². The smallest absolute Gasteiger partial charge is 0.253 e. The average Bonchev–Trinajstić information content (AvgIpc) is 2.67. The minimum Gasteiger partial charge on any atom is -0.495 e. The van der Waals surface area contributed by atoms with E-state index in [-0.39, 0.29) is 5.91 Å². The lowest BCUT2D eigenvalue weighted by atomic mass is 10.2. The highest BCUT2D eigenvalue weighted by atomic mass is 16.5. The fourth-order valence-electron chi connectivity index (χ4n) is 2.32. The van der Waals surface area contributed by atoms with Crippen LogP contribution in [0.4, 0.5) is 11.4 Å². The first-order valence-corrected chi connectivity index (χ1v) is 7.78. The molecule has 0 aliphatic heterocycles. The molecule has 2 heterocycles. The number of ether oxygens (including phenoxy) is 1. The molecule has 0 aliphatic rings. The van der Waals surface area contributed by atoms with E-state index in [1.165, 1.54) is 6.20 Å². The standard InChI is InChI=1S/C19H18N4O2/c1-25-18-5-3-2-4-17(18)23-16-10-15(12-21-13-16)19(24)22-11-14-6-8-20-9-7-14/h2-10,12-13,23H,11H2,1H3,(H,22,24). The molecule has 0 bridgehead atoms. The number of nitrogens with zero attached hydrogens (tertiary/aromatic N) is 2. The van der Waals surface area contributed by atoms with E-state index < -0.39 is 0 Å². The zero-order chi connectivity index (χ0) is 17.5. The van der Waals surface area contributed by atoms with E-state index in [9.17, 15) is 4.79 Å². The number of aromatic nitrogens is 2. The summed E-state index contributed by atoms with van der Waals surface area (Å²) in [6, 6.07) is 13.0. The maximum absolute atomic E-state index is 12.3. The number of carbonyl (C=O) groups excluding carboxylic acids is 1. The highest BCUT2D eigenvalue weighted by Crippen LogP contribution is 2.26. The second-order valence-corrected chi connectivity index (χ2v) is 5.33. The fourth-order valence-corrected chi connectivity index (χ4v) is 2.32. The van der Waals surface area contributed by atoms with E-state index in [4.69, 9.17) is 4.74 Å². The molecule has 0 unspecified atom stereocenters. The molecular formula is C19H18N4O2. The summed E-state index contributed by atoms with van der Waals surface area (Å²) in [4.78, 5) is 20.4. The highest BCUT2D eigenvalue weighted by Gasteiger charge is 2.08. The number of para-hydroxylation sites is 2. The third-order valence-electron chi connectivity index (χ3n) is 3.59. The monoisotopic (exact) mass is 334 g/mol. The molecule has 0 atom stereocenters. The van der Waals surface area contributed by atoms with Crippen LogP contribution in [0.2, 0.25) is 0 Å². The van der Waals surface area contributed by atoms with Gasteiger partial charge in [0, 0.05) is 25.1 Å². The molecule has 0 saturated carbocycles. The Kier molecular flexibility index (Phi) is 5.21. The van der Waals surface area contributed by atoms with Gasteiger partial charge in [-0.3, -0.25) is 14.8 Å². The summed E-state index contributed by atoms with van der Waals surface area (Å²) in [5.74, 6) is 0.531. The zero-order valence-corrected chi connectivity index (χ0v) is 13.8. The maximum atomic E-state index is 12.3. The van der Waals surface area contributed by atoms with Crippen molar-refractivity contribution in [3.05, 3.63) is 78.4 Å². The summed E-state index contributed by atoms with van der Waals surface area (Å²) < 4.78 is 5.32. The molecule has 0 spiro atoms. The average molecular weight is 334 g/mol. The van der Waals surface area contributed by atoms with Crippen LogP contribution in [0.5, 0.6) is 5.75 Å². The van der Waals surface area contributed by atoms with E-state index in [0.717, 1.165) is 17.0 Å². The summed E-state index contributed by atoms with van der Waals surface area (Å²) in [5, 5.41) is 6.09. The summed E-state index contributed by atoms with van der Waals surface area (Å²) in [7, 11) is 1.61. The van der Waals surface area contributed by atoms with Gasteiger partial charge in [0.15, 0.2) is 0 Å². The number of hydrogen-bond acceptors (Lipinski definition) is 5. The summed E-state index contributed by atoms with van der Waals surface area (Å²) in [6.07, 6.45) is 6.59. The Labute approximate surface area is 145 Å². The predicted molar refractivity (Wildman–Crippen MR) is 95.9 cm³/mol. The van der Waals surface area contributed by atoms with Crippen molar-refractivity contribution in [2.75, 3.05) is 12.4 Å². The zero-order valence-electron chi connectivity index (χ0n) is 13.8. The number of anilines is 2. The Morgan fingerprint density at radius 3 is 2.68 bits per heavy atom. The molecule has 126 valence electrons. The molecule has 2 aromatic heterocycles. The van der Waals surface area contributed by atoms with Gasteiger partial charge < -0.3 is 15.4 Å². The van der Waals surface area contributed by atoms with Crippen molar-refractivity contribution in [1.82, 2.24) is 15.3 Å². The van der Waals surface area contributed by atoms with Crippen LogP contribution in [-0.4, -0.2) is 23.0 Å². The van der Waals surface area contributed by atoms with Crippen molar-refractivity contribution in [1.29, 1.82) is 0 Å². The maximum Gasteiger partial charge on any atom is 0.253 e. The van der Waals surface area contributed by atoms with Crippen LogP contribution >= 0.6 is 0 Å². The van der Waals surface area contributed by atoms with Crippen LogP contribution in [-0.2, 0) is 6.54 Å². The van der Waals surface area contributed by atoms with Crippen molar-refractivity contribution >= 4 is 17.3 Å². The molecule has 6 heteroatoms. The van der Waals surface area contributed by atoms with Gasteiger partial charge in [-0.05, 0) is 35.9 Å². The van der Waals surface area contributed by atoms with Gasteiger partial charge >= 0.3 is 0 Å². The lowest BCUT2D eigenvalue weighted by Gasteiger charge is -2.11. The van der Waals surface area contributed by atoms with Crippen LogP contribution in [0.3, 0.4) is 0 Å². The Morgan fingerprint density at radius 2 is 1.88 bits per heavy atom. The SMILES string of the molecule is COc1ccccc1Nc1cncc(C(=O)NCc2ccncc2)c1. The Balaban J connectivity index is 1.69. The third kappa shape index (κ3) is 4.32. The molecule has 1 aromatic carbocycles. The van der Waals surface area contributed by atoms with Gasteiger partial charge in [-0.2, -0.15) is 0 Å². The van der Waals surface area contributed by atoms with Crippen molar-refractivity contribution < 1.29 is 9.53 Å². The minimum atomic E-state index is -0.187. The van der Waals surface area contributed by atoms with Crippen LogP contribution in [0, 0.1) is 0 Å². The minimum absolute atomic E-state index is 0.187. The van der Waals surface area contributed by atoms with Gasteiger partial charge in [-0.25, -0.2) is 0 Å². The molecule has 3 rings (SSSR count). The molecule has 0 radical (unpaired) electrons. The lowest BCUT2D eigenvalue weighted by molar-refractivity contribution is 0.0950. The van der Waals surface area contributed by atoms with E-state index in [1.807, 2.05) is 36.4 Å². The van der Waals surface area contributed by atoms with Crippen molar-refractivity contribution in [2.45, 2.75) is 6.54 Å². The quantitative estimate of drug-likeness (QED) is 0.724. The van der Waals surface area contributed by atoms with E-state index >= 15 is 0 Å². The summed E-state index contributed by atoms with van der Waals surface area (Å²) in [6.45, 7) is 0.436. The number of rotatable bonds is 6. The molecule has 6 nitrogen and oxygen atoms in total. The molecule has 0 saturated heterocycles. The molecular weight excluding hydrogens is 316 g/mol. The van der Waals surface area contributed by atoms with Crippen molar-refractivity contribution in [3.8, 4) is 5.75 Å². The van der Waals surface area contributed by atoms with Crippen molar-refractivity contribution in [3.63, 3.8) is 0 Å². The molecule has 0 aliphatic carbocycles. The number of nitrogens with one attached hydrogen (secondary N) is 2. The normalized spacial score (nSPS) is 10.1. The van der Waals surface area contributed by atoms with E-state index in [1.54, 1.807) is 31.8 Å². The summed E-state index contributed by atoms with van der Waals surface area (Å²) >= 11 is 0. The molecule has 25 heavy (non-hydrogen) atoms. The number of pyridine rings is 2. The van der Waals surface area contributed by atoms with Crippen LogP contribution in [0.1, 0.15) is 15.9 Å². The lowest BCUT2D eigenvalue weighted by Crippen LogP contribution is -2.23. The van der Waals surface area contributed by atoms with Crippen LogP contribution in [0.15, 0.2) is 67.3 Å². The topological polar surface area (TPSA) is 76.1 Å². The van der Waals surface area contributed by atoms with Gasteiger partial charge in [0.2, 0.25) is 0 Å². The van der Waals surface area contributed by atoms with Gasteiger partial charge in [-0.15, -0.1) is 0 Å². The van der Waals surface area contributed by atoms with E-state index in [2.05, 4.69) is 20.6 Å². The molecule has 2 N–H and O–H groups in total. The van der Waals surface area contributed by atoms with Crippen LogP contribution < -0.4 is 15.4 Å². The number of carbonyl (C=O) groups is 1. The Hall–Kier alpha value is -3.41. The number of hydrogen-bond donors (Lipinski definition) is 2. The van der Waals surface area contributed by atoms with Gasteiger partial charge in [0.1, 0.15) is 5.75 Å². The predicted octanol–water partition coefficient (Wildman–Crippen LogP) is 3.16. The molecule has 0 fully saturated rings. The van der Waals surface area contributed by atoms with Crippen molar-refractivity contribution in [2.24, 2.45) is 0 Å².